The van der Waals surface area contributed by atoms with Gasteiger partial charge in [-0.1, -0.05) is 23.7 Å². The van der Waals surface area contributed by atoms with Gasteiger partial charge in [0.15, 0.2) is 0 Å². The van der Waals surface area contributed by atoms with Gasteiger partial charge in [-0.15, -0.1) is 0 Å². The maximum absolute atomic E-state index is 11.6. The van der Waals surface area contributed by atoms with Gasteiger partial charge in [-0.25, -0.2) is 0 Å². The lowest BCUT2D eigenvalue weighted by Crippen LogP contribution is -2.04. The number of hydrogen-bond donors (Lipinski definition) is 0. The van der Waals surface area contributed by atoms with Crippen molar-refractivity contribution in [2.45, 2.75) is 6.42 Å². The number of nitrogens with zero attached hydrogens (tertiary/aromatic N) is 1. The quantitative estimate of drug-likeness (QED) is 0.492. The molecule has 0 aliphatic rings. The molecule has 0 heterocycles. The van der Waals surface area contributed by atoms with Crippen LogP contribution in [-0.2, 0) is 6.42 Å². The highest BCUT2D eigenvalue weighted by Gasteiger charge is 2.12. The molecular weight excluding hydrogens is 282 g/mol. The Morgan fingerprint density at radius 3 is 2.35 bits per heavy atom. The van der Waals surface area contributed by atoms with E-state index in [1.807, 2.05) is 0 Å². The third-order valence-corrected chi connectivity index (χ3v) is 3.05. The van der Waals surface area contributed by atoms with Gasteiger partial charge in [0.2, 0.25) is 0 Å². The average molecular weight is 291 g/mol. The lowest BCUT2D eigenvalue weighted by Gasteiger charge is -2.12. The van der Waals surface area contributed by atoms with Gasteiger partial charge in [0.25, 0.3) is 5.69 Å². The number of aldehydes is 1. The number of benzene rings is 2. The van der Waals surface area contributed by atoms with Crippen LogP contribution in [-0.4, -0.2) is 11.2 Å². The summed E-state index contributed by atoms with van der Waals surface area (Å²) in [7, 11) is 0. The second-order valence-corrected chi connectivity index (χ2v) is 4.65. The number of carbonyl (C=O) groups is 1. The Morgan fingerprint density at radius 2 is 1.80 bits per heavy atom. The standard InChI is InChI=1S/C14H10ClNO4/c15-12-3-1-9(2-4-12)5-10-6-11(8-17)14(18)13(7-10)16(19)20/h1-4,6-8,18H,5H2/p-1. The fourth-order valence-corrected chi connectivity index (χ4v) is 1.99. The van der Waals surface area contributed by atoms with Crippen molar-refractivity contribution in [3.63, 3.8) is 0 Å². The molecule has 2 rings (SSSR count). The Hall–Kier alpha value is -2.40. The SMILES string of the molecule is O=Cc1cc(Cc2ccc(Cl)cc2)cc([N+](=O)[O-])c1[O-]. The van der Waals surface area contributed by atoms with Crippen LogP contribution < -0.4 is 5.11 Å². The molecule has 0 amide bonds. The maximum atomic E-state index is 11.6. The number of nitro groups is 1. The summed E-state index contributed by atoms with van der Waals surface area (Å²) >= 11 is 5.77. The fraction of sp³-hybridized carbons (Fsp3) is 0.0714. The highest BCUT2D eigenvalue weighted by Crippen LogP contribution is 2.29. The zero-order valence-electron chi connectivity index (χ0n) is 10.2. The van der Waals surface area contributed by atoms with E-state index >= 15 is 0 Å². The van der Waals surface area contributed by atoms with Crippen molar-refractivity contribution in [3.8, 4) is 5.75 Å². The molecule has 0 saturated carbocycles. The normalized spacial score (nSPS) is 10.2. The third kappa shape index (κ3) is 2.95. The van der Waals surface area contributed by atoms with Gasteiger partial charge in [0.1, 0.15) is 6.29 Å². The van der Waals surface area contributed by atoms with Crippen molar-refractivity contribution in [2.24, 2.45) is 0 Å². The molecule has 0 radical (unpaired) electrons. The summed E-state index contributed by atoms with van der Waals surface area (Å²) in [5, 5.41) is 23.0. The van der Waals surface area contributed by atoms with Crippen molar-refractivity contribution in [3.05, 3.63) is 68.2 Å². The van der Waals surface area contributed by atoms with Crippen LogP contribution in [0.25, 0.3) is 0 Å². The van der Waals surface area contributed by atoms with Crippen LogP contribution in [0.15, 0.2) is 36.4 Å². The predicted octanol–water partition coefficient (Wildman–Crippen LogP) is 2.73. The molecule has 0 aliphatic carbocycles. The second kappa shape index (κ2) is 5.71. The van der Waals surface area contributed by atoms with Gasteiger partial charge in [-0.2, -0.15) is 0 Å². The summed E-state index contributed by atoms with van der Waals surface area (Å²) in [6.07, 6.45) is 0.708. The molecule has 0 aliphatic heterocycles. The van der Waals surface area contributed by atoms with Crippen LogP contribution in [0.1, 0.15) is 21.5 Å². The van der Waals surface area contributed by atoms with Crippen molar-refractivity contribution in [1.29, 1.82) is 0 Å². The molecule has 0 unspecified atom stereocenters. The van der Waals surface area contributed by atoms with E-state index in [-0.39, 0.29) is 5.56 Å². The van der Waals surface area contributed by atoms with Crippen molar-refractivity contribution in [2.75, 3.05) is 0 Å². The monoisotopic (exact) mass is 290 g/mol. The van der Waals surface area contributed by atoms with E-state index in [1.165, 1.54) is 12.1 Å². The topological polar surface area (TPSA) is 83.3 Å². The summed E-state index contributed by atoms with van der Waals surface area (Å²) in [4.78, 5) is 20.8. The van der Waals surface area contributed by atoms with E-state index < -0.39 is 16.4 Å². The van der Waals surface area contributed by atoms with E-state index in [0.717, 1.165) is 5.56 Å². The number of halogens is 1. The number of nitro benzene ring substituents is 1. The van der Waals surface area contributed by atoms with Gasteiger partial charge in [-0.05, 0) is 41.5 Å². The molecular formula is C14H9ClNO4-. The number of rotatable bonds is 4. The summed E-state index contributed by atoms with van der Waals surface area (Å²) < 4.78 is 0. The molecule has 5 nitrogen and oxygen atoms in total. The van der Waals surface area contributed by atoms with E-state index in [0.29, 0.717) is 23.3 Å². The largest absolute Gasteiger partial charge is 0.867 e. The first-order valence-corrected chi connectivity index (χ1v) is 6.07. The average Bonchev–Trinajstić information content (AvgIpc) is 2.42. The third-order valence-electron chi connectivity index (χ3n) is 2.80. The lowest BCUT2D eigenvalue weighted by molar-refractivity contribution is -0.398. The predicted molar refractivity (Wildman–Crippen MR) is 72.2 cm³/mol. The Labute approximate surface area is 119 Å². The fourth-order valence-electron chi connectivity index (χ4n) is 1.86. The van der Waals surface area contributed by atoms with Gasteiger partial charge in [0.05, 0.1) is 4.92 Å². The first-order valence-electron chi connectivity index (χ1n) is 5.69. The first kappa shape index (κ1) is 14.0. The second-order valence-electron chi connectivity index (χ2n) is 4.21. The molecule has 2 aromatic carbocycles. The molecule has 2 aromatic rings. The molecule has 102 valence electrons. The van der Waals surface area contributed by atoms with E-state index in [2.05, 4.69) is 0 Å². The minimum atomic E-state index is -0.857. The van der Waals surface area contributed by atoms with Crippen LogP contribution >= 0.6 is 11.6 Å². The summed E-state index contributed by atoms with van der Waals surface area (Å²) in [5.74, 6) is -0.857. The summed E-state index contributed by atoms with van der Waals surface area (Å²) in [5.41, 5.74) is 0.613. The van der Waals surface area contributed by atoms with Gasteiger partial charge < -0.3 is 5.11 Å². The molecule has 0 fully saturated rings. The highest BCUT2D eigenvalue weighted by atomic mass is 35.5. The van der Waals surface area contributed by atoms with Crippen molar-refractivity contribution >= 4 is 23.6 Å². The summed E-state index contributed by atoms with van der Waals surface area (Å²) in [6, 6.07) is 9.53. The molecule has 0 spiro atoms. The Kier molecular flexibility index (Phi) is 4.00. The molecule has 0 N–H and O–H groups in total. The number of hydrogen-bond acceptors (Lipinski definition) is 4. The molecule has 0 bridgehead atoms. The molecule has 6 heteroatoms. The van der Waals surface area contributed by atoms with Crippen molar-refractivity contribution in [1.82, 2.24) is 0 Å². The summed E-state index contributed by atoms with van der Waals surface area (Å²) in [6.45, 7) is 0. The Morgan fingerprint density at radius 1 is 1.15 bits per heavy atom. The molecule has 0 saturated heterocycles. The van der Waals surface area contributed by atoms with E-state index in [1.54, 1.807) is 24.3 Å². The van der Waals surface area contributed by atoms with Crippen LogP contribution in [0.5, 0.6) is 5.75 Å². The van der Waals surface area contributed by atoms with Gasteiger partial charge in [-0.3, -0.25) is 14.9 Å². The minimum Gasteiger partial charge on any atom is -0.867 e. The van der Waals surface area contributed by atoms with Gasteiger partial charge in [0, 0.05) is 16.7 Å². The zero-order chi connectivity index (χ0) is 14.7. The first-order chi connectivity index (χ1) is 9.51. The molecule has 0 aromatic heterocycles. The molecule has 20 heavy (non-hydrogen) atoms. The number of carbonyl (C=O) groups excluding carboxylic acids is 1. The Bertz CT molecular complexity index is 668. The van der Waals surface area contributed by atoms with E-state index in [4.69, 9.17) is 11.6 Å². The van der Waals surface area contributed by atoms with Crippen molar-refractivity contribution < 1.29 is 14.8 Å². The lowest BCUT2D eigenvalue weighted by atomic mass is 10.0. The van der Waals surface area contributed by atoms with Crippen LogP contribution in [0.3, 0.4) is 0 Å². The van der Waals surface area contributed by atoms with Crippen LogP contribution in [0.2, 0.25) is 5.02 Å². The minimum absolute atomic E-state index is 0.205. The highest BCUT2D eigenvalue weighted by molar-refractivity contribution is 6.30. The van der Waals surface area contributed by atoms with Crippen LogP contribution in [0, 0.1) is 10.1 Å². The Balaban J connectivity index is 2.41. The van der Waals surface area contributed by atoms with E-state index in [9.17, 15) is 20.0 Å². The van der Waals surface area contributed by atoms with Gasteiger partial charge >= 0.3 is 0 Å². The van der Waals surface area contributed by atoms with Crippen LogP contribution in [0.4, 0.5) is 5.69 Å². The molecule has 0 atom stereocenters. The zero-order valence-corrected chi connectivity index (χ0v) is 11.0. The maximum Gasteiger partial charge on any atom is 0.262 e. The smallest absolute Gasteiger partial charge is 0.262 e.